The standard InChI is InChI=1S/C26H42N2O2S/c1-17(2)20-15-22(18(3)4)25(23(16-20)19(5)6)31(29,30)28-27-24-13-10-12-21-11-8-9-14-26(21,24)7/h15-19,21,28H,8-14H2,1-7H3/b27-24+/t21-,26+/m0/s1. The summed E-state index contributed by atoms with van der Waals surface area (Å²) < 4.78 is 27.3. The number of hydrazone groups is 1. The number of rotatable bonds is 6. The van der Waals surface area contributed by atoms with Crippen molar-refractivity contribution in [3.63, 3.8) is 0 Å². The quantitative estimate of drug-likeness (QED) is 0.475. The maximum Gasteiger partial charge on any atom is 0.277 e. The van der Waals surface area contributed by atoms with Crippen molar-refractivity contribution in [2.75, 3.05) is 0 Å². The molecule has 1 N–H and O–H groups in total. The molecule has 31 heavy (non-hydrogen) atoms. The Morgan fingerprint density at radius 1 is 0.935 bits per heavy atom. The third-order valence-corrected chi connectivity index (χ3v) is 9.01. The van der Waals surface area contributed by atoms with Crippen LogP contribution in [-0.2, 0) is 10.0 Å². The SMILES string of the molecule is CC(C)c1cc(C(C)C)c(S(=O)(=O)N/N=C2\CCC[C@@H]3CCCC[C@@]23C)c(C(C)C)c1. The van der Waals surface area contributed by atoms with E-state index in [2.05, 4.69) is 70.5 Å². The molecule has 2 fully saturated rings. The molecule has 1 aromatic rings. The largest absolute Gasteiger partial charge is 0.277 e. The maximum absolute atomic E-state index is 13.7. The Bertz CT molecular complexity index is 900. The molecule has 0 amide bonds. The van der Waals surface area contributed by atoms with Crippen LogP contribution in [0.5, 0.6) is 0 Å². The van der Waals surface area contributed by atoms with E-state index in [-0.39, 0.29) is 17.3 Å². The molecule has 0 radical (unpaired) electrons. The number of fused-ring (bicyclic) bond motifs is 1. The summed E-state index contributed by atoms with van der Waals surface area (Å²) in [5.74, 6) is 1.22. The van der Waals surface area contributed by atoms with Crippen LogP contribution in [0.3, 0.4) is 0 Å². The van der Waals surface area contributed by atoms with Crippen molar-refractivity contribution >= 4 is 15.7 Å². The van der Waals surface area contributed by atoms with Gasteiger partial charge in [-0.15, -0.1) is 0 Å². The highest BCUT2D eigenvalue weighted by Gasteiger charge is 2.43. The van der Waals surface area contributed by atoms with Gasteiger partial charge in [0.2, 0.25) is 0 Å². The smallest absolute Gasteiger partial charge is 0.200 e. The fourth-order valence-corrected chi connectivity index (χ4v) is 7.13. The summed E-state index contributed by atoms with van der Waals surface area (Å²) in [4.78, 5) is 3.14. The van der Waals surface area contributed by atoms with Crippen LogP contribution in [0.4, 0.5) is 0 Å². The highest BCUT2D eigenvalue weighted by Crippen LogP contribution is 2.48. The lowest BCUT2D eigenvalue weighted by molar-refractivity contribution is 0.162. The monoisotopic (exact) mass is 446 g/mol. The van der Waals surface area contributed by atoms with Gasteiger partial charge in [-0.3, -0.25) is 0 Å². The predicted molar refractivity (Wildman–Crippen MR) is 130 cm³/mol. The van der Waals surface area contributed by atoms with E-state index < -0.39 is 10.0 Å². The molecule has 0 saturated heterocycles. The second-order valence-electron chi connectivity index (χ2n) is 10.9. The molecule has 1 aromatic carbocycles. The normalized spacial score (nSPS) is 26.0. The Labute approximate surface area is 190 Å². The van der Waals surface area contributed by atoms with E-state index in [0.29, 0.717) is 16.7 Å². The van der Waals surface area contributed by atoms with Crippen molar-refractivity contribution in [2.45, 2.75) is 116 Å². The van der Waals surface area contributed by atoms with Crippen LogP contribution >= 0.6 is 0 Å². The van der Waals surface area contributed by atoms with Gasteiger partial charge in [0.1, 0.15) is 0 Å². The van der Waals surface area contributed by atoms with Gasteiger partial charge < -0.3 is 0 Å². The van der Waals surface area contributed by atoms with Crippen molar-refractivity contribution < 1.29 is 8.42 Å². The van der Waals surface area contributed by atoms with E-state index >= 15 is 0 Å². The van der Waals surface area contributed by atoms with E-state index in [4.69, 9.17) is 0 Å². The summed E-state index contributed by atoms with van der Waals surface area (Å²) >= 11 is 0. The first kappa shape index (κ1) is 24.3. The van der Waals surface area contributed by atoms with Gasteiger partial charge in [-0.05, 0) is 72.5 Å². The molecule has 0 spiro atoms. The molecule has 174 valence electrons. The number of hydrogen-bond acceptors (Lipinski definition) is 3. The molecule has 2 aliphatic rings. The van der Waals surface area contributed by atoms with Crippen LogP contribution in [0.1, 0.15) is 128 Å². The summed E-state index contributed by atoms with van der Waals surface area (Å²) in [6.07, 6.45) is 8.12. The Morgan fingerprint density at radius 3 is 2.06 bits per heavy atom. The lowest BCUT2D eigenvalue weighted by Crippen LogP contribution is -2.42. The van der Waals surface area contributed by atoms with Gasteiger partial charge in [-0.1, -0.05) is 73.4 Å². The summed E-state index contributed by atoms with van der Waals surface area (Å²) in [7, 11) is -3.76. The molecule has 0 aromatic heterocycles. The molecule has 3 rings (SSSR count). The lowest BCUT2D eigenvalue weighted by atomic mass is 9.59. The Hall–Kier alpha value is -1.36. The fraction of sp³-hybridized carbons (Fsp3) is 0.731. The highest BCUT2D eigenvalue weighted by molar-refractivity contribution is 7.89. The van der Waals surface area contributed by atoms with Crippen molar-refractivity contribution in [2.24, 2.45) is 16.4 Å². The first-order chi connectivity index (χ1) is 14.5. The minimum absolute atomic E-state index is 0.0439. The van der Waals surface area contributed by atoms with E-state index in [0.717, 1.165) is 36.1 Å². The van der Waals surface area contributed by atoms with Crippen molar-refractivity contribution in [1.29, 1.82) is 0 Å². The average Bonchev–Trinajstić information content (AvgIpc) is 2.70. The number of hydrogen-bond donors (Lipinski definition) is 1. The minimum atomic E-state index is -3.76. The van der Waals surface area contributed by atoms with Crippen molar-refractivity contribution in [3.8, 4) is 0 Å². The van der Waals surface area contributed by atoms with Crippen molar-refractivity contribution in [1.82, 2.24) is 4.83 Å². The maximum atomic E-state index is 13.7. The zero-order chi connectivity index (χ0) is 23.0. The second kappa shape index (κ2) is 9.25. The molecular weight excluding hydrogens is 404 g/mol. The van der Waals surface area contributed by atoms with E-state index in [9.17, 15) is 8.42 Å². The van der Waals surface area contributed by atoms with E-state index in [1.165, 1.54) is 31.2 Å². The third kappa shape index (κ3) is 4.86. The highest BCUT2D eigenvalue weighted by atomic mass is 32.2. The van der Waals surface area contributed by atoms with Crippen LogP contribution < -0.4 is 4.83 Å². The molecule has 5 heteroatoms. The van der Waals surface area contributed by atoms with Crippen LogP contribution in [0.15, 0.2) is 22.1 Å². The van der Waals surface area contributed by atoms with Crippen LogP contribution in [0, 0.1) is 11.3 Å². The Balaban J connectivity index is 2.04. The average molecular weight is 447 g/mol. The second-order valence-corrected chi connectivity index (χ2v) is 12.5. The summed E-state index contributed by atoms with van der Waals surface area (Å²) in [6, 6.07) is 4.17. The zero-order valence-corrected chi connectivity index (χ0v) is 21.4. The van der Waals surface area contributed by atoms with Gasteiger partial charge in [-0.2, -0.15) is 13.5 Å². The summed E-state index contributed by atoms with van der Waals surface area (Å²) in [6.45, 7) is 14.9. The molecular formula is C26H42N2O2S. The molecule has 0 unspecified atom stereocenters. The third-order valence-electron chi connectivity index (χ3n) is 7.67. The summed E-state index contributed by atoms with van der Waals surface area (Å²) in [5.41, 5.74) is 4.09. The van der Waals surface area contributed by atoms with Gasteiger partial charge >= 0.3 is 0 Å². The van der Waals surface area contributed by atoms with Crippen LogP contribution in [0.2, 0.25) is 0 Å². The molecule has 4 nitrogen and oxygen atoms in total. The predicted octanol–water partition coefficient (Wildman–Crippen LogP) is 7.07. The number of nitrogens with one attached hydrogen (secondary N) is 1. The molecule has 0 heterocycles. The molecule has 0 aliphatic heterocycles. The molecule has 2 aliphatic carbocycles. The van der Waals surface area contributed by atoms with Crippen LogP contribution in [0.25, 0.3) is 0 Å². The number of benzene rings is 1. The summed E-state index contributed by atoms with van der Waals surface area (Å²) in [5, 5.41) is 4.62. The first-order valence-electron chi connectivity index (χ1n) is 12.2. The van der Waals surface area contributed by atoms with E-state index in [1.807, 2.05) is 0 Å². The fourth-order valence-electron chi connectivity index (χ4n) is 5.59. The topological polar surface area (TPSA) is 58.5 Å². The van der Waals surface area contributed by atoms with Crippen LogP contribution in [-0.4, -0.2) is 14.1 Å². The van der Waals surface area contributed by atoms with Gasteiger partial charge in [0.15, 0.2) is 0 Å². The van der Waals surface area contributed by atoms with Gasteiger partial charge in [-0.25, -0.2) is 4.83 Å². The molecule has 0 bridgehead atoms. The Morgan fingerprint density at radius 2 is 1.52 bits per heavy atom. The van der Waals surface area contributed by atoms with Gasteiger partial charge in [0.25, 0.3) is 10.0 Å². The number of sulfonamides is 1. The van der Waals surface area contributed by atoms with Crippen molar-refractivity contribution in [3.05, 3.63) is 28.8 Å². The lowest BCUT2D eigenvalue weighted by Gasteiger charge is -2.45. The van der Waals surface area contributed by atoms with Gasteiger partial charge in [0, 0.05) is 11.1 Å². The number of nitrogens with zero attached hydrogens (tertiary/aromatic N) is 1. The first-order valence-corrected chi connectivity index (χ1v) is 13.7. The molecule has 2 saturated carbocycles. The zero-order valence-electron chi connectivity index (χ0n) is 20.6. The van der Waals surface area contributed by atoms with Gasteiger partial charge in [0.05, 0.1) is 4.90 Å². The minimum Gasteiger partial charge on any atom is -0.200 e. The van der Waals surface area contributed by atoms with E-state index in [1.54, 1.807) is 0 Å². The molecule has 2 atom stereocenters. The Kier molecular flexibility index (Phi) is 7.25.